The van der Waals surface area contributed by atoms with Crippen LogP contribution in [0.25, 0.3) is 0 Å². The molecule has 150 valence electrons. The first-order valence-electron chi connectivity index (χ1n) is 8.88. The highest BCUT2D eigenvalue weighted by Crippen LogP contribution is 2.23. The lowest BCUT2D eigenvalue weighted by Gasteiger charge is -2.14. The number of para-hydroxylation sites is 2. The summed E-state index contributed by atoms with van der Waals surface area (Å²) in [5.74, 6) is -2.59. The molecule has 3 rings (SSSR count). The van der Waals surface area contributed by atoms with Crippen LogP contribution >= 0.6 is 0 Å². The molecule has 0 aliphatic carbocycles. The van der Waals surface area contributed by atoms with Gasteiger partial charge >= 0.3 is 0 Å². The maximum Gasteiger partial charge on any atom is 0.256 e. The molecule has 0 atom stereocenters. The smallest absolute Gasteiger partial charge is 0.256 e. The zero-order valence-electron chi connectivity index (χ0n) is 15.7. The van der Waals surface area contributed by atoms with Crippen molar-refractivity contribution in [3.05, 3.63) is 95.1 Å². The molecule has 6 N–H and O–H groups in total. The predicted octanol–water partition coefficient (Wildman–Crippen LogP) is 2.39. The Morgan fingerprint density at radius 2 is 0.800 bits per heavy atom. The molecule has 0 unspecified atom stereocenters. The molecule has 0 bridgehead atoms. The van der Waals surface area contributed by atoms with Gasteiger partial charge in [0.2, 0.25) is 11.8 Å². The summed E-state index contributed by atoms with van der Waals surface area (Å²) < 4.78 is 0. The SMILES string of the molecule is NC(=O)c1ccccc1C(=O)Nc1ccccc1NC(=O)c1ccccc1C(N)=O. The highest BCUT2D eigenvalue weighted by molar-refractivity contribution is 6.15. The zero-order valence-corrected chi connectivity index (χ0v) is 15.7. The second-order valence-electron chi connectivity index (χ2n) is 6.27. The van der Waals surface area contributed by atoms with Crippen molar-refractivity contribution in [3.8, 4) is 0 Å². The van der Waals surface area contributed by atoms with Crippen molar-refractivity contribution in [1.29, 1.82) is 0 Å². The van der Waals surface area contributed by atoms with Gasteiger partial charge in [-0.15, -0.1) is 0 Å². The van der Waals surface area contributed by atoms with Crippen LogP contribution in [-0.4, -0.2) is 23.6 Å². The van der Waals surface area contributed by atoms with Crippen LogP contribution in [0, 0.1) is 0 Å². The number of nitrogens with one attached hydrogen (secondary N) is 2. The highest BCUT2D eigenvalue weighted by Gasteiger charge is 2.18. The molecule has 0 heterocycles. The average molecular weight is 402 g/mol. The normalized spacial score (nSPS) is 10.1. The summed E-state index contributed by atoms with van der Waals surface area (Å²) in [7, 11) is 0. The Morgan fingerprint density at radius 1 is 0.500 bits per heavy atom. The largest absolute Gasteiger partial charge is 0.366 e. The van der Waals surface area contributed by atoms with E-state index in [1.165, 1.54) is 24.3 Å². The van der Waals surface area contributed by atoms with Crippen molar-refractivity contribution < 1.29 is 19.2 Å². The van der Waals surface area contributed by atoms with E-state index in [1.807, 2.05) is 0 Å². The molecule has 0 aliphatic heterocycles. The predicted molar refractivity (Wildman–Crippen MR) is 112 cm³/mol. The maximum absolute atomic E-state index is 12.7. The highest BCUT2D eigenvalue weighted by atomic mass is 16.2. The third-order valence-corrected chi connectivity index (χ3v) is 4.30. The lowest BCUT2D eigenvalue weighted by Crippen LogP contribution is -2.22. The molecule has 3 aromatic rings. The van der Waals surface area contributed by atoms with Crippen LogP contribution in [-0.2, 0) is 0 Å². The van der Waals surface area contributed by atoms with Crippen LogP contribution in [0.1, 0.15) is 41.4 Å². The summed E-state index contributed by atoms with van der Waals surface area (Å²) in [5.41, 5.74) is 11.6. The number of amides is 4. The van der Waals surface area contributed by atoms with Crippen molar-refractivity contribution >= 4 is 35.0 Å². The van der Waals surface area contributed by atoms with Crippen molar-refractivity contribution in [3.63, 3.8) is 0 Å². The summed E-state index contributed by atoms with van der Waals surface area (Å²) in [6.45, 7) is 0. The topological polar surface area (TPSA) is 144 Å². The number of hydrogen-bond donors (Lipinski definition) is 4. The van der Waals surface area contributed by atoms with E-state index < -0.39 is 23.6 Å². The van der Waals surface area contributed by atoms with E-state index in [9.17, 15) is 19.2 Å². The minimum absolute atomic E-state index is 0.0758. The van der Waals surface area contributed by atoms with Crippen LogP contribution < -0.4 is 22.1 Å². The van der Waals surface area contributed by atoms with Gasteiger partial charge in [0.15, 0.2) is 0 Å². The van der Waals surface area contributed by atoms with Gasteiger partial charge < -0.3 is 22.1 Å². The average Bonchev–Trinajstić information content (AvgIpc) is 2.75. The second-order valence-corrected chi connectivity index (χ2v) is 6.27. The first-order valence-corrected chi connectivity index (χ1v) is 8.88. The van der Waals surface area contributed by atoms with E-state index in [0.717, 1.165) is 0 Å². The zero-order chi connectivity index (χ0) is 21.7. The van der Waals surface area contributed by atoms with Crippen LogP contribution in [0.15, 0.2) is 72.8 Å². The quantitative estimate of drug-likeness (QED) is 0.502. The van der Waals surface area contributed by atoms with E-state index in [4.69, 9.17) is 11.5 Å². The van der Waals surface area contributed by atoms with Gasteiger partial charge in [-0.2, -0.15) is 0 Å². The fraction of sp³-hybridized carbons (Fsp3) is 0. The minimum atomic E-state index is -0.731. The molecule has 8 heteroatoms. The number of carbonyl (C=O) groups excluding carboxylic acids is 4. The van der Waals surface area contributed by atoms with Gasteiger partial charge in [-0.05, 0) is 36.4 Å². The van der Waals surface area contributed by atoms with Gasteiger partial charge in [0.25, 0.3) is 11.8 Å². The van der Waals surface area contributed by atoms with Gasteiger partial charge in [0, 0.05) is 0 Å². The number of benzene rings is 3. The van der Waals surface area contributed by atoms with Crippen molar-refractivity contribution in [2.45, 2.75) is 0 Å². The van der Waals surface area contributed by atoms with Crippen molar-refractivity contribution in [2.24, 2.45) is 11.5 Å². The number of carbonyl (C=O) groups is 4. The van der Waals surface area contributed by atoms with E-state index in [-0.39, 0.29) is 22.3 Å². The molecule has 0 aromatic heterocycles. The van der Waals surface area contributed by atoms with E-state index in [0.29, 0.717) is 11.4 Å². The summed E-state index contributed by atoms with van der Waals surface area (Å²) in [4.78, 5) is 48.6. The van der Waals surface area contributed by atoms with Gasteiger partial charge in [-0.3, -0.25) is 19.2 Å². The van der Waals surface area contributed by atoms with Gasteiger partial charge in [0.1, 0.15) is 0 Å². The number of anilines is 2. The number of rotatable bonds is 6. The molecule has 0 saturated carbocycles. The molecule has 0 saturated heterocycles. The van der Waals surface area contributed by atoms with Crippen molar-refractivity contribution in [1.82, 2.24) is 0 Å². The van der Waals surface area contributed by atoms with E-state index >= 15 is 0 Å². The Hall–Kier alpha value is -4.46. The Bertz CT molecular complexity index is 1070. The molecule has 0 spiro atoms. The Kier molecular flexibility index (Phi) is 5.88. The minimum Gasteiger partial charge on any atom is -0.366 e. The molecular formula is C22H18N4O4. The maximum atomic E-state index is 12.7. The standard InChI is InChI=1S/C22H18N4O4/c23-19(27)13-7-1-3-9-15(13)21(29)25-17-11-5-6-12-18(17)26-22(30)16-10-4-2-8-14(16)20(24)28/h1-12H,(H2,23,27)(H2,24,28)(H,25,29)(H,26,30). The Morgan fingerprint density at radius 3 is 1.13 bits per heavy atom. The third-order valence-electron chi connectivity index (χ3n) is 4.30. The van der Waals surface area contributed by atoms with Crippen molar-refractivity contribution in [2.75, 3.05) is 10.6 Å². The Labute approximate surface area is 171 Å². The number of primary amides is 2. The first-order chi connectivity index (χ1) is 14.4. The molecule has 4 amide bonds. The summed E-state index contributed by atoms with van der Waals surface area (Å²) in [6.07, 6.45) is 0. The fourth-order valence-electron chi connectivity index (χ4n) is 2.87. The second kappa shape index (κ2) is 8.70. The summed E-state index contributed by atoms with van der Waals surface area (Å²) in [6, 6.07) is 18.8. The van der Waals surface area contributed by atoms with Gasteiger partial charge in [0.05, 0.1) is 33.6 Å². The molecular weight excluding hydrogens is 384 g/mol. The first kappa shape index (κ1) is 20.3. The van der Waals surface area contributed by atoms with Crippen LogP contribution in [0.2, 0.25) is 0 Å². The van der Waals surface area contributed by atoms with Crippen LogP contribution in [0.4, 0.5) is 11.4 Å². The molecule has 0 fully saturated rings. The molecule has 8 nitrogen and oxygen atoms in total. The molecule has 30 heavy (non-hydrogen) atoms. The summed E-state index contributed by atoms with van der Waals surface area (Å²) >= 11 is 0. The molecule has 0 radical (unpaired) electrons. The van der Waals surface area contributed by atoms with Gasteiger partial charge in [-0.1, -0.05) is 36.4 Å². The third kappa shape index (κ3) is 4.33. The van der Waals surface area contributed by atoms with E-state index in [2.05, 4.69) is 10.6 Å². The molecule has 3 aromatic carbocycles. The lowest BCUT2D eigenvalue weighted by atomic mass is 10.1. The fourth-order valence-corrected chi connectivity index (χ4v) is 2.87. The monoisotopic (exact) mass is 402 g/mol. The van der Waals surface area contributed by atoms with E-state index in [1.54, 1.807) is 48.5 Å². The Balaban J connectivity index is 1.87. The lowest BCUT2D eigenvalue weighted by molar-refractivity contribution is 0.0975. The van der Waals surface area contributed by atoms with Crippen LogP contribution in [0.5, 0.6) is 0 Å². The van der Waals surface area contributed by atoms with Crippen LogP contribution in [0.3, 0.4) is 0 Å². The summed E-state index contributed by atoms with van der Waals surface area (Å²) in [5, 5.41) is 5.33. The molecule has 0 aliphatic rings. The number of nitrogens with two attached hydrogens (primary N) is 2. The number of hydrogen-bond acceptors (Lipinski definition) is 4. The van der Waals surface area contributed by atoms with Gasteiger partial charge in [-0.25, -0.2) is 0 Å².